The Hall–Kier alpha value is -12.9. The predicted octanol–water partition coefficient (Wildman–Crippen LogP) is 7.57. The van der Waals surface area contributed by atoms with Gasteiger partial charge in [-0.2, -0.15) is 0 Å². The summed E-state index contributed by atoms with van der Waals surface area (Å²) in [5, 5.41) is 20.5. The van der Waals surface area contributed by atoms with E-state index < -0.39 is 146 Å². The van der Waals surface area contributed by atoms with Gasteiger partial charge in [0.05, 0.1) is 66.6 Å². The van der Waals surface area contributed by atoms with E-state index in [-0.39, 0.29) is 93.0 Å². The number of morpholine rings is 4. The highest BCUT2D eigenvalue weighted by Gasteiger charge is 2.45. The van der Waals surface area contributed by atoms with E-state index in [1.807, 2.05) is 72.8 Å². The van der Waals surface area contributed by atoms with E-state index >= 15 is 0 Å². The zero-order chi connectivity index (χ0) is 107. The van der Waals surface area contributed by atoms with Crippen LogP contribution in [-0.2, 0) is 136 Å². The molecule has 0 aromatic heterocycles. The fraction of sp³-hybridized carbons (Fsp3) is 0.400. The Morgan fingerprint density at radius 1 is 0.303 bits per heavy atom. The maximum atomic E-state index is 13.5. The van der Waals surface area contributed by atoms with Crippen LogP contribution in [0.4, 0.5) is 22.7 Å². The summed E-state index contributed by atoms with van der Waals surface area (Å²) < 4.78 is 174. The number of ether oxygens (including phenoxy) is 4. The molecule has 8 aromatic rings. The molecule has 32 heteroatoms. The lowest BCUT2D eigenvalue weighted by atomic mass is 10.0. The van der Waals surface area contributed by atoms with Crippen LogP contribution >= 0.6 is 0 Å². The van der Waals surface area contributed by atoms with Crippen LogP contribution in [0.3, 0.4) is 0 Å². The Morgan fingerprint density at radius 3 is 0.932 bits per heavy atom. The molecular weight excluding hydrogens is 1680 g/mol. The summed E-state index contributed by atoms with van der Waals surface area (Å²) in [5.74, 6) is -12.0. The van der Waals surface area contributed by atoms with Crippen molar-refractivity contribution in [3.63, 3.8) is 0 Å². The van der Waals surface area contributed by atoms with Crippen molar-refractivity contribution in [1.82, 2.24) is 60.5 Å². The van der Waals surface area contributed by atoms with Crippen molar-refractivity contribution in [3.8, 4) is 0 Å². The highest BCUT2D eigenvalue weighted by Crippen LogP contribution is 2.38. The number of benzene rings is 8. The van der Waals surface area contributed by atoms with Crippen LogP contribution in [0.5, 0.6) is 0 Å². The lowest BCUT2D eigenvalue weighted by molar-refractivity contribution is -0.138. The molecule has 4 unspecified atom stereocenters. The van der Waals surface area contributed by atoms with Gasteiger partial charge in [-0.15, -0.1) is 0 Å². The molecule has 12 heterocycles. The van der Waals surface area contributed by atoms with Gasteiger partial charge in [0.1, 0.15) is 24.1 Å². The molecule has 8 saturated heterocycles. The van der Waals surface area contributed by atoms with E-state index in [4.69, 9.17) is 43.6 Å². The molecule has 0 bridgehead atoms. The van der Waals surface area contributed by atoms with Crippen molar-refractivity contribution in [3.05, 3.63) is 259 Å². The fourth-order valence-corrected chi connectivity index (χ4v) is 17.0. The number of carbonyl (C=O) groups excluding carboxylic acids is 12. The Kier molecular flexibility index (Phi) is 22.8. The average molecular weight is 1810 g/mol. The van der Waals surface area contributed by atoms with Gasteiger partial charge < -0.3 is 59.8 Å². The number of hydrogen-bond donors (Lipinski definition) is 8. The fourth-order valence-electron chi connectivity index (χ4n) is 17.0. The second-order valence-corrected chi connectivity index (χ2v) is 32.9. The van der Waals surface area contributed by atoms with Crippen molar-refractivity contribution in [2.24, 2.45) is 0 Å². The number of hydrogen-bond acceptors (Lipinski definition) is 24. The van der Waals surface area contributed by atoms with Gasteiger partial charge >= 0.3 is 0 Å². The van der Waals surface area contributed by atoms with Crippen LogP contribution in [0.2, 0.25) is 0 Å². The largest absolute Gasteiger partial charge is 0.381 e. The first-order chi connectivity index (χ1) is 71.1. The van der Waals surface area contributed by atoms with Crippen molar-refractivity contribution >= 4 is 93.6 Å². The summed E-state index contributed by atoms with van der Waals surface area (Å²) in [6, 6.07) is 41.9. The molecule has 0 spiro atoms. The molecule has 0 saturated carbocycles. The van der Waals surface area contributed by atoms with Crippen LogP contribution in [0.1, 0.15) is 184 Å². The molecule has 688 valence electrons. The van der Waals surface area contributed by atoms with Gasteiger partial charge in [0.25, 0.3) is 23.6 Å². The van der Waals surface area contributed by atoms with Gasteiger partial charge in [-0.1, -0.05) is 121 Å². The van der Waals surface area contributed by atoms with Gasteiger partial charge in [-0.3, -0.25) is 98.4 Å². The van der Waals surface area contributed by atoms with E-state index in [1.54, 1.807) is 53.1 Å². The average Bonchev–Trinajstić information content (AvgIpc) is 1.46. The van der Waals surface area contributed by atoms with E-state index in [9.17, 15) is 57.5 Å². The van der Waals surface area contributed by atoms with Crippen molar-refractivity contribution in [1.29, 1.82) is 0 Å². The van der Waals surface area contributed by atoms with Crippen LogP contribution in [0, 0.1) is 0 Å². The maximum Gasteiger partial charge on any atom is 0.255 e. The molecule has 132 heavy (non-hydrogen) atoms. The zero-order valence-electron chi connectivity index (χ0n) is 90.2. The summed E-state index contributed by atoms with van der Waals surface area (Å²) in [5.41, 5.74) is 9.88. The van der Waals surface area contributed by atoms with Crippen LogP contribution in [0.25, 0.3) is 0 Å². The van der Waals surface area contributed by atoms with Crippen LogP contribution in [0.15, 0.2) is 170 Å². The summed E-state index contributed by atoms with van der Waals surface area (Å²) >= 11 is 0. The number of imide groups is 4. The van der Waals surface area contributed by atoms with E-state index in [0.29, 0.717) is 67.2 Å². The minimum absolute atomic E-state index is 0.0680. The smallest absolute Gasteiger partial charge is 0.255 e. The van der Waals surface area contributed by atoms with E-state index in [2.05, 4.69) is 75.8 Å². The molecule has 0 radical (unpaired) electrons. The lowest BCUT2D eigenvalue weighted by Gasteiger charge is -2.29. The molecule has 12 aliphatic rings. The zero-order valence-corrected chi connectivity index (χ0v) is 72.2. The van der Waals surface area contributed by atoms with Gasteiger partial charge in [-0.05, 0) is 119 Å². The molecule has 8 N–H and O–H groups in total. The topological polar surface area (TPSA) is 364 Å². The molecule has 12 amide bonds. The number of rotatable bonds is 24. The molecule has 0 aliphatic carbocycles. The Balaban J connectivity index is 0.000000136. The normalized spacial score (nSPS) is 27.3. The van der Waals surface area contributed by atoms with Crippen LogP contribution in [-0.4, -0.2) is 239 Å². The SMILES string of the molecule is [2H]C1(N2C(=O)c3cccc(NCc4cccc(CN5CCOCC5)c4)c3C2([2H])[2H])CCC(=O)NC1=O.[2H]C1([2H])c2c(NCc3cccc(CN4CCOCC4)c3)cccc2C(=O)N1C1([2H])C(=O)NC(=O)C([2H])([2H])C1([2H])[2H].[2H]C1([2H])c2c(NCc3cccc(CN4CCOCC4)c3)cccc2C(=O)N1C1C(=O)NC(=O)C([2H])([2H])C1([2H])[2H].[2H]C1([2H])c2c(NCc3cccc(CN4CCOCC4)c3)cccc2C(=O)N1C1CCC(=O)NC1=O. The Labute approximate surface area is 791 Å². The molecule has 4 atom stereocenters. The number of fused-ring (bicyclic) bond motifs is 4. The maximum absolute atomic E-state index is 13.5. The third-order valence-corrected chi connectivity index (χ3v) is 23.8. The summed E-state index contributed by atoms with van der Waals surface area (Å²) in [7, 11) is 0. The van der Waals surface area contributed by atoms with Gasteiger partial charge in [0.2, 0.25) is 47.3 Å². The minimum atomic E-state index is -3.58. The summed E-state index contributed by atoms with van der Waals surface area (Å²) in [6.45, 7) is 7.07. The first-order valence-electron chi connectivity index (χ1n) is 52.9. The van der Waals surface area contributed by atoms with Crippen molar-refractivity contribution in [2.75, 3.05) is 126 Å². The molecule has 8 fully saturated rings. The number of carbonyl (C=O) groups is 12. The second-order valence-electron chi connectivity index (χ2n) is 32.9. The first kappa shape index (κ1) is 70.9. The van der Waals surface area contributed by atoms with Gasteiger partial charge in [0, 0.05) is 235 Å². The standard InChI is InChI=1S/4C25H28N4O4/c4*30-23-8-7-22(24(31)27-23)29-16-20-19(25(29)32)5-2-6-21(20)26-14-17-3-1-4-18(13-17)15-28-9-11-33-12-10-28/h4*1-6,13,22,26H,7-12,14-16H2,(H,27,30,31)/i7D2,8D2,16D2,22D;7D2,8D2,16D2;16D2,22D;16D2. The number of amides is 12. The predicted molar refractivity (Wildman–Crippen MR) is 489 cm³/mol. The number of nitrogens with zero attached hydrogens (tertiary/aromatic N) is 8. The van der Waals surface area contributed by atoms with Gasteiger partial charge in [-0.25, -0.2) is 0 Å². The number of nitrogens with one attached hydrogen (secondary N) is 8. The van der Waals surface area contributed by atoms with E-state index in [1.165, 1.54) is 41.5 Å². The van der Waals surface area contributed by atoms with Gasteiger partial charge in [0.15, 0.2) is 0 Å². The Morgan fingerprint density at radius 2 is 0.576 bits per heavy atom. The highest BCUT2D eigenvalue weighted by molar-refractivity contribution is 6.09. The minimum Gasteiger partial charge on any atom is -0.381 e. The summed E-state index contributed by atoms with van der Waals surface area (Å²) in [6.07, 6.45) is -13.6. The monoisotopic (exact) mass is 1810 g/mol. The molecule has 32 nitrogen and oxygen atoms in total. The van der Waals surface area contributed by atoms with Crippen LogP contribution < -0.4 is 42.5 Å². The first-order valence-corrected chi connectivity index (χ1v) is 43.9. The third-order valence-electron chi connectivity index (χ3n) is 23.8. The number of piperidine rings is 4. The molecule has 8 aromatic carbocycles. The third kappa shape index (κ3) is 22.1. The second kappa shape index (κ2) is 42.5. The number of anilines is 4. The highest BCUT2D eigenvalue weighted by atomic mass is 16.5. The molecular formula is C100H112N16O16. The van der Waals surface area contributed by atoms with Crippen molar-refractivity contribution in [2.45, 2.75) is 154 Å². The van der Waals surface area contributed by atoms with Crippen molar-refractivity contribution < 1.29 is 101 Å². The summed E-state index contributed by atoms with van der Waals surface area (Å²) in [4.78, 5) is 163. The lowest BCUT2D eigenvalue weighted by Crippen LogP contribution is -2.52. The van der Waals surface area contributed by atoms with E-state index in [0.717, 1.165) is 143 Å². The quantitative estimate of drug-likeness (QED) is 0.0270. The molecule has 20 rings (SSSR count). The Bertz CT molecular complexity index is 6650. The molecule has 12 aliphatic heterocycles.